The van der Waals surface area contributed by atoms with Crippen LogP contribution in [0.2, 0.25) is 0 Å². The van der Waals surface area contributed by atoms with Crippen LogP contribution in [0.25, 0.3) is 10.9 Å². The van der Waals surface area contributed by atoms with Gasteiger partial charge < -0.3 is 25.6 Å². The number of hydrogen-bond donors (Lipinski definition) is 3. The average Bonchev–Trinajstić information content (AvgIpc) is 3.28. The first-order chi connectivity index (χ1) is 17.5. The van der Waals surface area contributed by atoms with Gasteiger partial charge in [0.2, 0.25) is 11.9 Å². The molecule has 3 aromatic rings. The lowest BCUT2D eigenvalue weighted by Gasteiger charge is -2.25. The molecule has 2 aliphatic heterocycles. The summed E-state index contributed by atoms with van der Waals surface area (Å²) < 4.78 is 19.8. The molecule has 3 heterocycles. The Hall–Kier alpha value is -3.79. The third kappa shape index (κ3) is 5.71. The molecule has 0 bridgehead atoms. The zero-order valence-electron chi connectivity index (χ0n) is 19.9. The lowest BCUT2D eigenvalue weighted by Crippen LogP contribution is -2.36. The van der Waals surface area contributed by atoms with E-state index in [9.17, 15) is 14.0 Å². The average molecular weight is 493 g/mol. The number of anilines is 2. The van der Waals surface area contributed by atoms with Gasteiger partial charge in [-0.05, 0) is 56.6 Å². The number of amides is 2. The summed E-state index contributed by atoms with van der Waals surface area (Å²) in [4.78, 5) is 35.7. The normalized spacial score (nSPS) is 16.4. The van der Waals surface area contributed by atoms with Gasteiger partial charge in [-0.1, -0.05) is 6.07 Å². The molecule has 9 nitrogen and oxygen atoms in total. The fourth-order valence-electron chi connectivity index (χ4n) is 4.52. The van der Waals surface area contributed by atoms with Crippen LogP contribution < -0.4 is 20.7 Å². The number of likely N-dealkylation sites (tertiary alicyclic amines) is 1. The van der Waals surface area contributed by atoms with Gasteiger partial charge in [0, 0.05) is 49.4 Å². The number of hydrogen-bond acceptors (Lipinski definition) is 7. The first-order valence-corrected chi connectivity index (χ1v) is 12.3. The van der Waals surface area contributed by atoms with E-state index in [-0.39, 0.29) is 23.7 Å². The van der Waals surface area contributed by atoms with Crippen LogP contribution >= 0.6 is 0 Å². The highest BCUT2D eigenvalue weighted by Gasteiger charge is 2.22. The van der Waals surface area contributed by atoms with E-state index < -0.39 is 0 Å². The maximum absolute atomic E-state index is 13.6. The molecule has 2 fully saturated rings. The van der Waals surface area contributed by atoms with Gasteiger partial charge in [-0.15, -0.1) is 0 Å². The Bertz CT molecular complexity index is 1260. The quantitative estimate of drug-likeness (QED) is 0.444. The van der Waals surface area contributed by atoms with E-state index in [1.54, 1.807) is 35.4 Å². The van der Waals surface area contributed by atoms with Gasteiger partial charge >= 0.3 is 0 Å². The Morgan fingerprint density at radius 2 is 2.08 bits per heavy atom. The number of carbonyl (C=O) groups excluding carboxylic acids is 2. The maximum Gasteiger partial charge on any atom is 0.255 e. The van der Waals surface area contributed by atoms with Crippen molar-refractivity contribution in [3.63, 3.8) is 0 Å². The van der Waals surface area contributed by atoms with Gasteiger partial charge in [0.1, 0.15) is 17.7 Å². The summed E-state index contributed by atoms with van der Waals surface area (Å²) in [6.45, 7) is 3.29. The van der Waals surface area contributed by atoms with E-state index in [1.165, 1.54) is 12.1 Å². The molecule has 0 atom stereocenters. The summed E-state index contributed by atoms with van der Waals surface area (Å²) >= 11 is 0. The minimum atomic E-state index is -0.358. The molecule has 2 amide bonds. The number of aromatic nitrogens is 2. The third-order valence-electron chi connectivity index (χ3n) is 6.43. The Morgan fingerprint density at radius 1 is 1.22 bits per heavy atom. The highest BCUT2D eigenvalue weighted by molar-refractivity contribution is 6.01. The summed E-state index contributed by atoms with van der Waals surface area (Å²) in [5, 5.41) is 9.93. The maximum atomic E-state index is 13.6. The van der Waals surface area contributed by atoms with Crippen LogP contribution in [0.4, 0.5) is 16.0 Å². The molecule has 0 saturated carbocycles. The second kappa shape index (κ2) is 10.9. The van der Waals surface area contributed by atoms with Crippen LogP contribution in [0, 0.1) is 5.82 Å². The Labute approximate surface area is 208 Å². The Balaban J connectivity index is 1.38. The van der Waals surface area contributed by atoms with Crippen LogP contribution in [0.15, 0.2) is 42.6 Å². The second-order valence-electron chi connectivity index (χ2n) is 9.04. The van der Waals surface area contributed by atoms with Gasteiger partial charge in [-0.2, -0.15) is 0 Å². The molecular formula is C26H29FN6O3. The van der Waals surface area contributed by atoms with Gasteiger partial charge in [0.05, 0.1) is 11.1 Å². The van der Waals surface area contributed by atoms with E-state index in [1.807, 2.05) is 0 Å². The Kier molecular flexibility index (Phi) is 7.22. The third-order valence-corrected chi connectivity index (χ3v) is 6.43. The van der Waals surface area contributed by atoms with Gasteiger partial charge in [0.25, 0.3) is 5.91 Å². The van der Waals surface area contributed by atoms with E-state index in [4.69, 9.17) is 4.74 Å². The fourth-order valence-corrected chi connectivity index (χ4v) is 4.52. The topological polar surface area (TPSA) is 108 Å². The predicted molar refractivity (Wildman–Crippen MR) is 134 cm³/mol. The minimum Gasteiger partial charge on any atom is -0.489 e. The number of piperidine rings is 1. The largest absolute Gasteiger partial charge is 0.489 e. The minimum absolute atomic E-state index is 0.0100. The van der Waals surface area contributed by atoms with E-state index >= 15 is 0 Å². The van der Waals surface area contributed by atoms with Gasteiger partial charge in [-0.25, -0.2) is 14.4 Å². The SMILES string of the molecule is O=C(NCCN1CCCC1=O)c1cc2cnc(Nc3cccc(F)c3)nc2cc1OC1CCNCC1. The van der Waals surface area contributed by atoms with Crippen LogP contribution in [0.1, 0.15) is 36.0 Å². The van der Waals surface area contributed by atoms with E-state index in [0.717, 1.165) is 38.9 Å². The number of nitrogens with one attached hydrogen (secondary N) is 3. The van der Waals surface area contributed by atoms with Crippen LogP contribution in [0.3, 0.4) is 0 Å². The van der Waals surface area contributed by atoms with Crippen LogP contribution in [-0.2, 0) is 4.79 Å². The van der Waals surface area contributed by atoms with E-state index in [0.29, 0.717) is 53.4 Å². The van der Waals surface area contributed by atoms with Gasteiger partial charge in [0.15, 0.2) is 0 Å². The molecule has 5 rings (SSSR count). The highest BCUT2D eigenvalue weighted by atomic mass is 19.1. The second-order valence-corrected chi connectivity index (χ2v) is 9.04. The van der Waals surface area contributed by atoms with Crippen molar-refractivity contribution >= 4 is 34.4 Å². The number of rotatable bonds is 8. The van der Waals surface area contributed by atoms with Crippen molar-refractivity contribution in [2.24, 2.45) is 0 Å². The number of fused-ring (bicyclic) bond motifs is 1. The molecule has 0 aliphatic carbocycles. The number of benzene rings is 2. The molecule has 0 radical (unpaired) electrons. The number of halogens is 1. The zero-order chi connectivity index (χ0) is 24.9. The van der Waals surface area contributed by atoms with Crippen molar-refractivity contribution in [1.82, 2.24) is 25.5 Å². The monoisotopic (exact) mass is 492 g/mol. The molecule has 188 valence electrons. The van der Waals surface area contributed by atoms with Crippen molar-refractivity contribution in [3.05, 3.63) is 54.0 Å². The van der Waals surface area contributed by atoms with Crippen molar-refractivity contribution in [1.29, 1.82) is 0 Å². The molecule has 10 heteroatoms. The Morgan fingerprint density at radius 3 is 2.86 bits per heavy atom. The number of carbonyl (C=O) groups is 2. The van der Waals surface area contributed by atoms with Crippen molar-refractivity contribution in [2.45, 2.75) is 31.8 Å². The predicted octanol–water partition coefficient (Wildman–Crippen LogP) is 3.00. The van der Waals surface area contributed by atoms with Crippen molar-refractivity contribution < 1.29 is 18.7 Å². The lowest BCUT2D eigenvalue weighted by atomic mass is 10.1. The number of ether oxygens (including phenoxy) is 1. The first-order valence-electron chi connectivity index (χ1n) is 12.3. The standard InChI is InChI=1S/C26H29FN6O3/c27-18-3-1-4-19(14-18)31-26-30-16-17-13-21(25(35)29-10-12-33-11-2-5-24(33)34)23(15-22(17)32-26)36-20-6-8-28-9-7-20/h1,3-4,13-16,20,28H,2,5-12H2,(H,29,35)(H,30,31,32). The lowest BCUT2D eigenvalue weighted by molar-refractivity contribution is -0.127. The highest BCUT2D eigenvalue weighted by Crippen LogP contribution is 2.28. The molecule has 3 N–H and O–H groups in total. The molecule has 1 aromatic heterocycles. The molecule has 0 unspecified atom stereocenters. The molecule has 2 saturated heterocycles. The summed E-state index contributed by atoms with van der Waals surface area (Å²) in [7, 11) is 0. The summed E-state index contributed by atoms with van der Waals surface area (Å²) in [5.41, 5.74) is 1.54. The summed E-state index contributed by atoms with van der Waals surface area (Å²) in [6, 6.07) is 9.55. The summed E-state index contributed by atoms with van der Waals surface area (Å²) in [6.07, 6.45) is 4.73. The van der Waals surface area contributed by atoms with Crippen molar-refractivity contribution in [2.75, 3.05) is 38.0 Å². The van der Waals surface area contributed by atoms with Crippen molar-refractivity contribution in [3.8, 4) is 5.75 Å². The zero-order valence-corrected chi connectivity index (χ0v) is 19.9. The fraction of sp³-hybridized carbons (Fsp3) is 0.385. The molecular weight excluding hydrogens is 463 g/mol. The molecule has 2 aliphatic rings. The first kappa shape index (κ1) is 23.9. The van der Waals surface area contributed by atoms with Gasteiger partial charge in [-0.3, -0.25) is 9.59 Å². The van der Waals surface area contributed by atoms with E-state index in [2.05, 4.69) is 25.9 Å². The molecule has 2 aromatic carbocycles. The van der Waals surface area contributed by atoms with Crippen LogP contribution in [0.5, 0.6) is 5.75 Å². The molecule has 0 spiro atoms. The smallest absolute Gasteiger partial charge is 0.255 e. The number of nitrogens with zero attached hydrogens (tertiary/aromatic N) is 3. The van der Waals surface area contributed by atoms with Crippen LogP contribution in [-0.4, -0.2) is 65.5 Å². The molecule has 36 heavy (non-hydrogen) atoms. The summed E-state index contributed by atoms with van der Waals surface area (Å²) in [5.74, 6) is 0.273.